The molecule has 0 aromatic rings. The van der Waals surface area contributed by atoms with Crippen molar-refractivity contribution in [2.24, 2.45) is 11.8 Å². The Morgan fingerprint density at radius 3 is 2.62 bits per heavy atom. The molecule has 3 fully saturated rings. The van der Waals surface area contributed by atoms with Gasteiger partial charge in [-0.1, -0.05) is 19.8 Å². The summed E-state index contributed by atoms with van der Waals surface area (Å²) in [4.78, 5) is 0. The zero-order chi connectivity index (χ0) is 11.3. The SMILES string of the molecule is CC1CCC2C3CCCCC3N(O)C2N1[O-]. The van der Waals surface area contributed by atoms with Crippen LogP contribution in [0.5, 0.6) is 0 Å². The van der Waals surface area contributed by atoms with Gasteiger partial charge in [-0.25, -0.2) is 0 Å². The van der Waals surface area contributed by atoms with Crippen molar-refractivity contribution in [3.8, 4) is 0 Å². The highest BCUT2D eigenvalue weighted by atomic mass is 16.6. The van der Waals surface area contributed by atoms with Gasteiger partial charge in [-0.15, -0.1) is 0 Å². The molecule has 0 radical (unpaired) electrons. The molecule has 4 heteroatoms. The van der Waals surface area contributed by atoms with Gasteiger partial charge in [0.05, 0.1) is 6.17 Å². The van der Waals surface area contributed by atoms with Crippen LogP contribution in [0.1, 0.15) is 45.4 Å². The molecule has 2 heterocycles. The van der Waals surface area contributed by atoms with Crippen LogP contribution in [0, 0.1) is 17.0 Å². The summed E-state index contributed by atoms with van der Waals surface area (Å²) >= 11 is 0. The van der Waals surface area contributed by atoms with Gasteiger partial charge < -0.3 is 15.5 Å². The van der Waals surface area contributed by atoms with Crippen molar-refractivity contribution in [1.29, 1.82) is 0 Å². The maximum Gasteiger partial charge on any atom is 0.0789 e. The van der Waals surface area contributed by atoms with Crippen molar-refractivity contribution in [2.75, 3.05) is 0 Å². The summed E-state index contributed by atoms with van der Waals surface area (Å²) in [6.07, 6.45) is 6.59. The van der Waals surface area contributed by atoms with Gasteiger partial charge in [0, 0.05) is 6.04 Å². The van der Waals surface area contributed by atoms with Crippen LogP contribution in [0.4, 0.5) is 0 Å². The second-order valence-electron chi connectivity index (χ2n) is 5.76. The number of hydroxylamine groups is 4. The third-order valence-electron chi connectivity index (χ3n) is 4.94. The maximum absolute atomic E-state index is 12.1. The molecule has 4 nitrogen and oxygen atoms in total. The van der Waals surface area contributed by atoms with Gasteiger partial charge in [0.15, 0.2) is 0 Å². The van der Waals surface area contributed by atoms with E-state index < -0.39 is 0 Å². The minimum atomic E-state index is -0.253. The number of rotatable bonds is 0. The third kappa shape index (κ3) is 1.44. The van der Waals surface area contributed by atoms with E-state index in [1.807, 2.05) is 6.92 Å². The summed E-state index contributed by atoms with van der Waals surface area (Å²) in [6, 6.07) is 0.321. The molecule has 5 unspecified atom stereocenters. The zero-order valence-corrected chi connectivity index (χ0v) is 9.88. The first-order valence-electron chi connectivity index (χ1n) is 6.63. The van der Waals surface area contributed by atoms with Gasteiger partial charge in [-0.2, -0.15) is 5.06 Å². The van der Waals surface area contributed by atoms with E-state index in [9.17, 15) is 10.4 Å². The predicted octanol–water partition coefficient (Wildman–Crippen LogP) is 2.17. The van der Waals surface area contributed by atoms with Crippen LogP contribution >= 0.6 is 0 Å². The number of hydrogen-bond donors (Lipinski definition) is 1. The lowest BCUT2D eigenvalue weighted by atomic mass is 9.76. The van der Waals surface area contributed by atoms with Crippen molar-refractivity contribution in [3.63, 3.8) is 0 Å². The topological polar surface area (TPSA) is 49.8 Å². The second-order valence-corrected chi connectivity index (χ2v) is 5.76. The zero-order valence-electron chi connectivity index (χ0n) is 9.88. The molecule has 3 rings (SSSR count). The van der Waals surface area contributed by atoms with Crippen LogP contribution in [0.3, 0.4) is 0 Å². The second kappa shape index (κ2) is 3.95. The molecule has 0 spiro atoms. The molecule has 16 heavy (non-hydrogen) atoms. The van der Waals surface area contributed by atoms with Crippen LogP contribution in [0.2, 0.25) is 0 Å². The standard InChI is InChI=1S/C12H21N2O2/c1-8-6-7-10-9-4-2-3-5-11(9)14(16)12(10)13(8)15/h8-12,16H,2-7H2,1H3/q-1. The first-order chi connectivity index (χ1) is 7.70. The van der Waals surface area contributed by atoms with Crippen molar-refractivity contribution in [3.05, 3.63) is 5.21 Å². The van der Waals surface area contributed by atoms with Crippen molar-refractivity contribution >= 4 is 0 Å². The minimum Gasteiger partial charge on any atom is -0.784 e. The maximum atomic E-state index is 12.1. The van der Waals surface area contributed by atoms with E-state index in [1.165, 1.54) is 24.3 Å². The van der Waals surface area contributed by atoms with Crippen LogP contribution in [-0.2, 0) is 0 Å². The summed E-state index contributed by atoms with van der Waals surface area (Å²) in [6.45, 7) is 1.97. The van der Waals surface area contributed by atoms with E-state index in [1.54, 1.807) is 0 Å². The van der Waals surface area contributed by atoms with Crippen molar-refractivity contribution in [2.45, 2.75) is 63.7 Å². The van der Waals surface area contributed by atoms with Gasteiger partial charge >= 0.3 is 0 Å². The molecular formula is C12H21N2O2-. The highest BCUT2D eigenvalue weighted by molar-refractivity contribution is 5.01. The summed E-state index contributed by atoms with van der Waals surface area (Å²) in [5.74, 6) is 0.969. The summed E-state index contributed by atoms with van der Waals surface area (Å²) in [5.41, 5.74) is 0. The van der Waals surface area contributed by atoms with Crippen molar-refractivity contribution in [1.82, 2.24) is 10.1 Å². The molecule has 0 aromatic carbocycles. The molecule has 1 N–H and O–H groups in total. The normalized spacial score (nSPS) is 50.1. The Bertz CT molecular complexity index is 274. The molecule has 0 amide bonds. The largest absolute Gasteiger partial charge is 0.784 e. The number of nitrogens with zero attached hydrogens (tertiary/aromatic N) is 2. The Kier molecular flexibility index (Phi) is 2.70. The molecule has 2 aliphatic heterocycles. The van der Waals surface area contributed by atoms with Crippen LogP contribution in [0.15, 0.2) is 0 Å². The highest BCUT2D eigenvalue weighted by Gasteiger charge is 2.51. The van der Waals surface area contributed by atoms with E-state index in [2.05, 4.69) is 0 Å². The Labute approximate surface area is 96.8 Å². The monoisotopic (exact) mass is 225 g/mol. The summed E-state index contributed by atoms with van der Waals surface area (Å²) in [7, 11) is 0. The summed E-state index contributed by atoms with van der Waals surface area (Å²) < 4.78 is 0. The molecule has 3 aliphatic rings. The highest BCUT2D eigenvalue weighted by Crippen LogP contribution is 2.48. The van der Waals surface area contributed by atoms with Crippen LogP contribution in [0.25, 0.3) is 0 Å². The lowest BCUT2D eigenvalue weighted by Crippen LogP contribution is -2.51. The first kappa shape index (κ1) is 11.0. The fraction of sp³-hybridized carbons (Fsp3) is 1.00. The molecule has 0 bridgehead atoms. The van der Waals surface area contributed by atoms with E-state index in [0.717, 1.165) is 24.3 Å². The molecule has 1 saturated carbocycles. The Hall–Kier alpha value is -0.160. The Balaban J connectivity index is 1.86. The molecule has 0 aromatic heterocycles. The summed E-state index contributed by atoms with van der Waals surface area (Å²) in [5, 5.41) is 24.8. The van der Waals surface area contributed by atoms with E-state index in [4.69, 9.17) is 0 Å². The Morgan fingerprint density at radius 1 is 1.06 bits per heavy atom. The Morgan fingerprint density at radius 2 is 1.81 bits per heavy atom. The van der Waals surface area contributed by atoms with E-state index in [-0.39, 0.29) is 18.2 Å². The molecule has 5 atom stereocenters. The van der Waals surface area contributed by atoms with Crippen LogP contribution in [-0.4, -0.2) is 33.6 Å². The average molecular weight is 225 g/mol. The van der Waals surface area contributed by atoms with Gasteiger partial charge in [0.1, 0.15) is 0 Å². The fourth-order valence-corrected chi connectivity index (χ4v) is 4.07. The van der Waals surface area contributed by atoms with Gasteiger partial charge in [0.2, 0.25) is 0 Å². The quantitative estimate of drug-likeness (QED) is 0.686. The van der Waals surface area contributed by atoms with Crippen LogP contribution < -0.4 is 0 Å². The predicted molar refractivity (Wildman–Crippen MR) is 60.6 cm³/mol. The number of piperidine rings is 1. The third-order valence-corrected chi connectivity index (χ3v) is 4.94. The molecular weight excluding hydrogens is 204 g/mol. The minimum absolute atomic E-state index is 0.0658. The van der Waals surface area contributed by atoms with Crippen molar-refractivity contribution < 1.29 is 5.21 Å². The first-order valence-corrected chi connectivity index (χ1v) is 6.63. The lowest BCUT2D eigenvalue weighted by Gasteiger charge is -2.49. The van der Waals surface area contributed by atoms with Gasteiger partial charge in [0.25, 0.3) is 0 Å². The molecule has 2 saturated heterocycles. The molecule has 1 aliphatic carbocycles. The van der Waals surface area contributed by atoms with Gasteiger partial charge in [-0.3, -0.25) is 0 Å². The van der Waals surface area contributed by atoms with E-state index in [0.29, 0.717) is 11.8 Å². The number of hydrogen-bond acceptors (Lipinski definition) is 4. The average Bonchev–Trinajstić information content (AvgIpc) is 2.59. The fourth-order valence-electron chi connectivity index (χ4n) is 4.07. The lowest BCUT2D eigenvalue weighted by molar-refractivity contribution is -0.186. The van der Waals surface area contributed by atoms with E-state index >= 15 is 0 Å². The molecule has 92 valence electrons. The number of fused-ring (bicyclic) bond motifs is 3. The van der Waals surface area contributed by atoms with Gasteiger partial charge in [-0.05, 0) is 43.6 Å². The smallest absolute Gasteiger partial charge is 0.0789 e.